The minimum Gasteiger partial charge on any atom is -0.308 e. The van der Waals surface area contributed by atoms with E-state index >= 15 is 0 Å². The lowest BCUT2D eigenvalue weighted by Gasteiger charge is -2.35. The smallest absolute Gasteiger partial charge is 0.133 e. The highest BCUT2D eigenvalue weighted by atomic mass is 35.5. The van der Waals surface area contributed by atoms with Gasteiger partial charge in [0.05, 0.1) is 6.07 Å². The van der Waals surface area contributed by atoms with Crippen molar-refractivity contribution in [1.82, 2.24) is 14.7 Å². The van der Waals surface area contributed by atoms with Crippen molar-refractivity contribution < 1.29 is 0 Å². The lowest BCUT2D eigenvalue weighted by Crippen LogP contribution is -2.49. The molecule has 16 heavy (non-hydrogen) atoms. The first-order valence-corrected chi connectivity index (χ1v) is 6.18. The fraction of sp³-hybridized carbons (Fsp3) is 0.909. The predicted octanol–water partition coefficient (Wildman–Crippen LogP) is 0.297. The Labute approximate surface area is 103 Å². The number of hydrogen-bond donors (Lipinski definition) is 0. The number of nitriles is 1. The molecular weight excluding hydrogens is 224 g/mol. The summed E-state index contributed by atoms with van der Waals surface area (Å²) in [6.45, 7) is 7.15. The molecule has 0 aromatic rings. The highest BCUT2D eigenvalue weighted by Crippen LogP contribution is 2.05. The van der Waals surface area contributed by atoms with E-state index in [4.69, 9.17) is 16.9 Å². The van der Waals surface area contributed by atoms with Gasteiger partial charge in [-0.15, -0.1) is 11.6 Å². The molecule has 0 aliphatic carbocycles. The van der Waals surface area contributed by atoms with E-state index in [2.05, 4.69) is 34.9 Å². The summed E-state index contributed by atoms with van der Waals surface area (Å²) in [5.41, 5.74) is 0. The lowest BCUT2D eigenvalue weighted by molar-refractivity contribution is 0.128. The molecule has 92 valence electrons. The van der Waals surface area contributed by atoms with E-state index in [0.717, 1.165) is 39.3 Å². The molecule has 0 aromatic carbocycles. The molecule has 0 bridgehead atoms. The summed E-state index contributed by atoms with van der Waals surface area (Å²) >= 11 is 5.81. The monoisotopic (exact) mass is 244 g/mol. The molecule has 1 atom stereocenters. The van der Waals surface area contributed by atoms with Crippen molar-refractivity contribution in [3.63, 3.8) is 0 Å². The first-order chi connectivity index (χ1) is 7.61. The van der Waals surface area contributed by atoms with Gasteiger partial charge in [-0.3, -0.25) is 9.80 Å². The van der Waals surface area contributed by atoms with Crippen LogP contribution >= 0.6 is 11.6 Å². The molecule has 1 fully saturated rings. The molecule has 1 aliphatic heterocycles. The summed E-state index contributed by atoms with van der Waals surface area (Å²) in [5.74, 6) is 0. The van der Waals surface area contributed by atoms with Crippen LogP contribution in [0.25, 0.3) is 0 Å². The summed E-state index contributed by atoms with van der Waals surface area (Å²) in [6.07, 6.45) is 0. The van der Waals surface area contributed by atoms with Crippen LogP contribution in [0.1, 0.15) is 0 Å². The zero-order chi connectivity index (χ0) is 12.0. The van der Waals surface area contributed by atoms with Crippen molar-refractivity contribution in [3.8, 4) is 6.07 Å². The largest absolute Gasteiger partial charge is 0.308 e. The van der Waals surface area contributed by atoms with Crippen molar-refractivity contribution in [1.29, 1.82) is 5.26 Å². The van der Waals surface area contributed by atoms with Crippen LogP contribution in [0.5, 0.6) is 0 Å². The number of piperazine rings is 1. The van der Waals surface area contributed by atoms with Gasteiger partial charge in [-0.05, 0) is 14.1 Å². The van der Waals surface area contributed by atoms with E-state index < -0.39 is 0 Å². The Kier molecular flexibility index (Phi) is 6.07. The number of alkyl halides is 1. The second kappa shape index (κ2) is 7.08. The van der Waals surface area contributed by atoms with Gasteiger partial charge < -0.3 is 4.90 Å². The summed E-state index contributed by atoms with van der Waals surface area (Å²) < 4.78 is 0. The highest BCUT2D eigenvalue weighted by molar-refractivity contribution is 6.22. The van der Waals surface area contributed by atoms with Crippen LogP contribution in [-0.4, -0.2) is 80.0 Å². The van der Waals surface area contributed by atoms with Crippen LogP contribution < -0.4 is 0 Å². The van der Waals surface area contributed by atoms with Gasteiger partial charge in [0.1, 0.15) is 5.38 Å². The van der Waals surface area contributed by atoms with Gasteiger partial charge in [-0.25, -0.2) is 0 Å². The van der Waals surface area contributed by atoms with Gasteiger partial charge in [0.15, 0.2) is 0 Å². The molecule has 0 amide bonds. The van der Waals surface area contributed by atoms with Crippen LogP contribution in [0.4, 0.5) is 0 Å². The van der Waals surface area contributed by atoms with Crippen LogP contribution in [0, 0.1) is 11.3 Å². The Morgan fingerprint density at radius 2 is 1.81 bits per heavy atom. The van der Waals surface area contributed by atoms with E-state index in [0.29, 0.717) is 6.54 Å². The second-order valence-electron chi connectivity index (χ2n) is 4.54. The second-order valence-corrected chi connectivity index (χ2v) is 5.07. The van der Waals surface area contributed by atoms with Crippen molar-refractivity contribution >= 4 is 11.6 Å². The maximum atomic E-state index is 8.64. The normalized spacial score (nSPS) is 20.9. The summed E-state index contributed by atoms with van der Waals surface area (Å²) in [5, 5.41) is 8.27. The molecule has 1 rings (SSSR count). The van der Waals surface area contributed by atoms with Gasteiger partial charge in [0.2, 0.25) is 0 Å². The van der Waals surface area contributed by atoms with Crippen molar-refractivity contribution in [3.05, 3.63) is 0 Å². The Morgan fingerprint density at radius 1 is 1.25 bits per heavy atom. The first kappa shape index (κ1) is 13.7. The van der Waals surface area contributed by atoms with E-state index in [1.54, 1.807) is 0 Å². The van der Waals surface area contributed by atoms with Crippen LogP contribution in [-0.2, 0) is 0 Å². The quantitative estimate of drug-likeness (QED) is 0.652. The molecule has 5 heteroatoms. The highest BCUT2D eigenvalue weighted by Gasteiger charge is 2.18. The maximum Gasteiger partial charge on any atom is 0.133 e. The first-order valence-electron chi connectivity index (χ1n) is 5.75. The molecule has 1 aliphatic rings. The average Bonchev–Trinajstić information content (AvgIpc) is 2.28. The predicted molar refractivity (Wildman–Crippen MR) is 66.7 cm³/mol. The van der Waals surface area contributed by atoms with Crippen LogP contribution in [0.2, 0.25) is 0 Å². The van der Waals surface area contributed by atoms with E-state index in [1.807, 2.05) is 0 Å². The zero-order valence-corrected chi connectivity index (χ0v) is 10.9. The summed E-state index contributed by atoms with van der Waals surface area (Å²) in [4.78, 5) is 6.94. The molecular formula is C11H21ClN4. The molecule has 0 aromatic heterocycles. The average molecular weight is 245 g/mol. The van der Waals surface area contributed by atoms with E-state index in [1.165, 1.54) is 0 Å². The van der Waals surface area contributed by atoms with Gasteiger partial charge >= 0.3 is 0 Å². The van der Waals surface area contributed by atoms with Crippen LogP contribution in [0.3, 0.4) is 0 Å². The minimum absolute atomic E-state index is 0.367. The molecule has 0 saturated carbocycles. The number of rotatable bonds is 5. The van der Waals surface area contributed by atoms with E-state index in [-0.39, 0.29) is 5.38 Å². The van der Waals surface area contributed by atoms with Gasteiger partial charge in [0, 0.05) is 45.8 Å². The Bertz CT molecular complexity index is 231. The number of likely N-dealkylation sites (N-methyl/N-ethyl adjacent to an activating group) is 1. The Morgan fingerprint density at radius 3 is 2.31 bits per heavy atom. The molecule has 1 unspecified atom stereocenters. The standard InChI is InChI=1S/C11H21ClN4/c1-14(2)3-4-15-5-7-16(8-6-15)10-11(12)9-13/h11H,3-8,10H2,1-2H3. The third kappa shape index (κ3) is 5.13. The number of halogens is 1. The van der Waals surface area contributed by atoms with Gasteiger partial charge in [0.25, 0.3) is 0 Å². The van der Waals surface area contributed by atoms with Crippen molar-refractivity contribution in [2.24, 2.45) is 0 Å². The van der Waals surface area contributed by atoms with Gasteiger partial charge in [-0.2, -0.15) is 5.26 Å². The van der Waals surface area contributed by atoms with E-state index in [9.17, 15) is 0 Å². The maximum absolute atomic E-state index is 8.64. The summed E-state index contributed by atoms with van der Waals surface area (Å²) in [7, 11) is 4.20. The van der Waals surface area contributed by atoms with Gasteiger partial charge in [-0.1, -0.05) is 0 Å². The fourth-order valence-corrected chi connectivity index (χ4v) is 2.00. The fourth-order valence-electron chi connectivity index (χ4n) is 1.80. The SMILES string of the molecule is CN(C)CCN1CCN(CC(Cl)C#N)CC1. The third-order valence-corrected chi connectivity index (χ3v) is 3.12. The molecule has 0 radical (unpaired) electrons. The van der Waals surface area contributed by atoms with Crippen molar-refractivity contribution in [2.45, 2.75) is 5.38 Å². The molecule has 1 heterocycles. The Hall–Kier alpha value is -0.340. The third-order valence-electron chi connectivity index (χ3n) is 2.89. The topological polar surface area (TPSA) is 33.5 Å². The Balaban J connectivity index is 2.16. The number of hydrogen-bond acceptors (Lipinski definition) is 4. The molecule has 0 spiro atoms. The van der Waals surface area contributed by atoms with Crippen molar-refractivity contribution in [2.75, 3.05) is 59.9 Å². The molecule has 1 saturated heterocycles. The lowest BCUT2D eigenvalue weighted by atomic mass is 10.3. The molecule has 4 nitrogen and oxygen atoms in total. The zero-order valence-electron chi connectivity index (χ0n) is 10.2. The summed E-state index contributed by atoms with van der Waals surface area (Å²) in [6, 6.07) is 2.07. The van der Waals surface area contributed by atoms with Crippen LogP contribution in [0.15, 0.2) is 0 Å². The minimum atomic E-state index is -0.367. The molecule has 0 N–H and O–H groups in total. The number of nitrogens with zero attached hydrogens (tertiary/aromatic N) is 4.